The van der Waals surface area contributed by atoms with E-state index in [1.165, 1.54) is 55.2 Å². The molecule has 2 heterocycles. The Kier molecular flexibility index (Phi) is 4.56. The summed E-state index contributed by atoms with van der Waals surface area (Å²) in [6.07, 6.45) is 9.43. The monoisotopic (exact) mass is 425 g/mol. The lowest BCUT2D eigenvalue weighted by Gasteiger charge is -2.57. The number of benzene rings is 1. The van der Waals surface area contributed by atoms with Gasteiger partial charge in [0.15, 0.2) is 0 Å². The van der Waals surface area contributed by atoms with Crippen molar-refractivity contribution < 1.29 is 9.59 Å². The fraction of sp³-hybridized carbons (Fsp3) is 0.667. The summed E-state index contributed by atoms with van der Waals surface area (Å²) in [6.45, 7) is 1.63. The quantitative estimate of drug-likeness (QED) is 0.512. The molecule has 4 bridgehead atoms. The van der Waals surface area contributed by atoms with E-state index in [2.05, 4.69) is 33.7 Å². The first-order chi connectivity index (χ1) is 14.5. The van der Waals surface area contributed by atoms with Crippen molar-refractivity contribution in [1.82, 2.24) is 15.5 Å². The van der Waals surface area contributed by atoms with Crippen molar-refractivity contribution in [2.45, 2.75) is 81.4 Å². The predicted molar refractivity (Wildman–Crippen MR) is 118 cm³/mol. The highest BCUT2D eigenvalue weighted by Gasteiger charge is 2.50. The van der Waals surface area contributed by atoms with Crippen LogP contribution in [0.1, 0.15) is 73.4 Å². The molecule has 2 unspecified atom stereocenters. The van der Waals surface area contributed by atoms with E-state index in [-0.39, 0.29) is 23.2 Å². The number of fused-ring (bicyclic) bond motifs is 1. The Bertz CT molecular complexity index is 865. The van der Waals surface area contributed by atoms with Gasteiger partial charge in [-0.3, -0.25) is 19.8 Å². The Morgan fingerprint density at radius 1 is 1.10 bits per heavy atom. The van der Waals surface area contributed by atoms with Gasteiger partial charge in [0, 0.05) is 25.0 Å². The molecule has 6 heteroatoms. The molecule has 2 aliphatic heterocycles. The molecule has 4 saturated carbocycles. The molecule has 2 atom stereocenters. The van der Waals surface area contributed by atoms with Crippen LogP contribution in [0, 0.1) is 17.8 Å². The molecule has 5 nitrogen and oxygen atoms in total. The Balaban J connectivity index is 1.20. The third-order valence-corrected chi connectivity index (χ3v) is 9.12. The molecule has 6 aliphatic rings. The molecule has 1 aromatic rings. The molecule has 1 aromatic carbocycles. The van der Waals surface area contributed by atoms with Crippen molar-refractivity contribution in [3.05, 3.63) is 34.9 Å². The van der Waals surface area contributed by atoms with E-state index in [4.69, 9.17) is 12.6 Å². The fourth-order valence-corrected chi connectivity index (χ4v) is 8.08. The predicted octanol–water partition coefficient (Wildman–Crippen LogP) is 3.29. The number of thiol groups is 1. The first-order valence-corrected chi connectivity index (χ1v) is 12.1. The van der Waals surface area contributed by atoms with E-state index in [0.717, 1.165) is 30.8 Å². The summed E-state index contributed by atoms with van der Waals surface area (Å²) < 4.78 is 0. The lowest BCUT2D eigenvalue weighted by atomic mass is 9.53. The molecule has 2 N–H and O–H groups in total. The van der Waals surface area contributed by atoms with Gasteiger partial charge >= 0.3 is 0 Å². The van der Waals surface area contributed by atoms with E-state index < -0.39 is 0 Å². The number of carbonyl (C=O) groups is 2. The normalized spacial score (nSPS) is 40.0. The van der Waals surface area contributed by atoms with Gasteiger partial charge in [-0.1, -0.05) is 18.2 Å². The van der Waals surface area contributed by atoms with Gasteiger partial charge in [-0.25, -0.2) is 0 Å². The van der Waals surface area contributed by atoms with Crippen molar-refractivity contribution in [3.63, 3.8) is 0 Å². The summed E-state index contributed by atoms with van der Waals surface area (Å²) in [6, 6.07) is 6.24. The average molecular weight is 426 g/mol. The molecule has 30 heavy (non-hydrogen) atoms. The number of nitrogens with one attached hydrogen (secondary N) is 2. The largest absolute Gasteiger partial charge is 0.307 e. The molecular formula is C24H31N3O2S. The van der Waals surface area contributed by atoms with Crippen molar-refractivity contribution >= 4 is 24.4 Å². The zero-order valence-corrected chi connectivity index (χ0v) is 18.3. The highest BCUT2D eigenvalue weighted by molar-refractivity contribution is 7.80. The summed E-state index contributed by atoms with van der Waals surface area (Å²) in [5, 5.41) is 6.44. The number of hydrogen-bond donors (Lipinski definition) is 3. The van der Waals surface area contributed by atoms with Crippen LogP contribution >= 0.6 is 12.6 Å². The van der Waals surface area contributed by atoms with Crippen LogP contribution in [-0.2, 0) is 22.7 Å². The highest BCUT2D eigenvalue weighted by atomic mass is 32.1. The lowest BCUT2D eigenvalue weighted by Crippen LogP contribution is -2.58. The van der Waals surface area contributed by atoms with Gasteiger partial charge < -0.3 is 5.32 Å². The number of piperidine rings is 1. The second kappa shape index (κ2) is 7.07. The SMILES string of the molecule is O=C1CCC(N2Cc3c(CNC45CC6CC(CC(C6)C4)C5)cccc3C2S)C(=O)N1. The van der Waals surface area contributed by atoms with Crippen LogP contribution in [-0.4, -0.2) is 28.3 Å². The van der Waals surface area contributed by atoms with Crippen LogP contribution in [0.15, 0.2) is 18.2 Å². The molecule has 1 saturated heterocycles. The smallest absolute Gasteiger partial charge is 0.243 e. The van der Waals surface area contributed by atoms with Crippen molar-refractivity contribution in [1.29, 1.82) is 0 Å². The molecule has 0 radical (unpaired) electrons. The summed E-state index contributed by atoms with van der Waals surface area (Å²) in [5.41, 5.74) is 4.23. The van der Waals surface area contributed by atoms with Crippen LogP contribution in [0.2, 0.25) is 0 Å². The number of rotatable bonds is 4. The number of nitrogens with zero attached hydrogens (tertiary/aromatic N) is 1. The van der Waals surface area contributed by atoms with Crippen LogP contribution in [0.25, 0.3) is 0 Å². The first-order valence-electron chi connectivity index (χ1n) is 11.6. The Hall–Kier alpha value is -1.37. The van der Waals surface area contributed by atoms with Gasteiger partial charge in [0.2, 0.25) is 11.8 Å². The molecule has 0 aromatic heterocycles. The topological polar surface area (TPSA) is 61.4 Å². The highest BCUT2D eigenvalue weighted by Crippen LogP contribution is 2.55. The first kappa shape index (κ1) is 19.3. The van der Waals surface area contributed by atoms with Gasteiger partial charge in [-0.2, -0.15) is 12.6 Å². The maximum Gasteiger partial charge on any atom is 0.243 e. The number of hydrogen-bond acceptors (Lipinski definition) is 5. The second-order valence-corrected chi connectivity index (χ2v) is 11.0. The lowest BCUT2D eigenvalue weighted by molar-refractivity contribution is -0.137. The second-order valence-electron chi connectivity index (χ2n) is 10.5. The Morgan fingerprint density at radius 2 is 1.80 bits per heavy atom. The molecule has 160 valence electrons. The maximum absolute atomic E-state index is 12.4. The standard InChI is InChI=1S/C24H31N3O2S/c28-21-5-4-20(22(29)26-21)27-13-19-17(2-1-3-18(19)23(27)30)12-25-24-9-14-6-15(10-24)8-16(7-14)11-24/h1-3,14-16,20,23,25,30H,4-13H2,(H,26,28,29). The number of imide groups is 1. The minimum absolute atomic E-state index is 0.0940. The number of carbonyl (C=O) groups excluding carboxylic acids is 2. The van der Waals surface area contributed by atoms with E-state index >= 15 is 0 Å². The molecule has 5 fully saturated rings. The van der Waals surface area contributed by atoms with E-state index in [1.54, 1.807) is 0 Å². The van der Waals surface area contributed by atoms with E-state index in [0.29, 0.717) is 18.4 Å². The van der Waals surface area contributed by atoms with Crippen LogP contribution in [0.3, 0.4) is 0 Å². The zero-order valence-electron chi connectivity index (χ0n) is 17.4. The fourth-order valence-electron chi connectivity index (χ4n) is 7.59. The molecular weight excluding hydrogens is 394 g/mol. The van der Waals surface area contributed by atoms with Crippen LogP contribution in [0.4, 0.5) is 0 Å². The Morgan fingerprint density at radius 3 is 2.47 bits per heavy atom. The van der Waals surface area contributed by atoms with Crippen molar-refractivity contribution in [2.24, 2.45) is 17.8 Å². The van der Waals surface area contributed by atoms with Gasteiger partial charge in [0.25, 0.3) is 0 Å². The van der Waals surface area contributed by atoms with Crippen LogP contribution in [0.5, 0.6) is 0 Å². The van der Waals surface area contributed by atoms with Crippen molar-refractivity contribution in [3.8, 4) is 0 Å². The summed E-state index contributed by atoms with van der Waals surface area (Å²) >= 11 is 4.87. The average Bonchev–Trinajstić information content (AvgIpc) is 3.03. The number of amides is 2. The summed E-state index contributed by atoms with van der Waals surface area (Å²) in [7, 11) is 0. The van der Waals surface area contributed by atoms with Gasteiger partial charge in [-0.05, 0) is 79.4 Å². The van der Waals surface area contributed by atoms with E-state index in [9.17, 15) is 9.59 Å². The van der Waals surface area contributed by atoms with E-state index in [1.807, 2.05) is 0 Å². The minimum atomic E-state index is -0.276. The Labute approximate surface area is 183 Å². The molecule has 4 aliphatic carbocycles. The third-order valence-electron chi connectivity index (χ3n) is 8.54. The van der Waals surface area contributed by atoms with Gasteiger partial charge in [-0.15, -0.1) is 0 Å². The maximum atomic E-state index is 12.4. The third kappa shape index (κ3) is 3.14. The molecule has 7 rings (SSSR count). The molecule has 2 amide bonds. The van der Waals surface area contributed by atoms with Gasteiger partial charge in [0.05, 0.1) is 11.4 Å². The minimum Gasteiger partial charge on any atom is -0.307 e. The van der Waals surface area contributed by atoms with Gasteiger partial charge in [0.1, 0.15) is 0 Å². The summed E-state index contributed by atoms with van der Waals surface area (Å²) in [4.78, 5) is 26.2. The zero-order chi connectivity index (χ0) is 20.5. The van der Waals surface area contributed by atoms with Crippen molar-refractivity contribution in [2.75, 3.05) is 0 Å². The van der Waals surface area contributed by atoms with Crippen LogP contribution < -0.4 is 10.6 Å². The summed E-state index contributed by atoms with van der Waals surface area (Å²) in [5.74, 6) is 2.48. The molecule has 0 spiro atoms.